The molecule has 5 nitrogen and oxygen atoms in total. The largest absolute Gasteiger partial charge is 0.388 e. The van der Waals surface area contributed by atoms with Gasteiger partial charge in [-0.2, -0.15) is 5.10 Å². The van der Waals surface area contributed by atoms with Gasteiger partial charge in [-0.25, -0.2) is 0 Å². The summed E-state index contributed by atoms with van der Waals surface area (Å²) in [6.45, 7) is 2.36. The van der Waals surface area contributed by atoms with Gasteiger partial charge in [0.1, 0.15) is 0 Å². The summed E-state index contributed by atoms with van der Waals surface area (Å²) in [6.07, 6.45) is 1.86. The molecule has 1 amide bonds. The lowest BCUT2D eigenvalue weighted by Crippen LogP contribution is -2.24. The Morgan fingerprint density at radius 3 is 2.74 bits per heavy atom. The summed E-state index contributed by atoms with van der Waals surface area (Å²) in [6, 6.07) is 7.56. The van der Waals surface area contributed by atoms with E-state index in [-0.39, 0.29) is 5.91 Å². The zero-order chi connectivity index (χ0) is 13.8. The van der Waals surface area contributed by atoms with Crippen molar-refractivity contribution < 1.29 is 4.79 Å². The van der Waals surface area contributed by atoms with Gasteiger partial charge in [0.25, 0.3) is 5.91 Å². The summed E-state index contributed by atoms with van der Waals surface area (Å²) < 4.78 is 1.72. The van der Waals surface area contributed by atoms with Crippen LogP contribution in [0.5, 0.6) is 0 Å². The molecule has 0 unspecified atom stereocenters. The Morgan fingerprint density at radius 2 is 2.16 bits per heavy atom. The topological polar surface area (TPSA) is 59.0 Å². The number of carbonyl (C=O) groups is 1. The van der Waals surface area contributed by atoms with Gasteiger partial charge in [0.05, 0.1) is 12.2 Å². The lowest BCUT2D eigenvalue weighted by Gasteiger charge is -2.08. The van der Waals surface area contributed by atoms with Crippen molar-refractivity contribution in [2.45, 2.75) is 13.5 Å². The Labute approximate surface area is 112 Å². The van der Waals surface area contributed by atoms with E-state index in [0.717, 1.165) is 16.9 Å². The molecule has 0 saturated carbocycles. The fraction of sp³-hybridized carbons (Fsp3) is 0.286. The molecule has 1 aromatic heterocycles. The van der Waals surface area contributed by atoms with E-state index in [1.165, 1.54) is 0 Å². The molecule has 0 aliphatic carbocycles. The maximum Gasteiger partial charge on any atom is 0.251 e. The molecule has 19 heavy (non-hydrogen) atoms. The fourth-order valence-corrected chi connectivity index (χ4v) is 1.90. The second-order valence-corrected chi connectivity index (χ2v) is 4.44. The summed E-state index contributed by atoms with van der Waals surface area (Å²) in [4.78, 5) is 12.1. The molecule has 2 rings (SSSR count). The summed E-state index contributed by atoms with van der Waals surface area (Å²) in [5.41, 5.74) is 3.49. The van der Waals surface area contributed by atoms with Crippen molar-refractivity contribution in [3.8, 4) is 0 Å². The minimum atomic E-state index is -0.0780. The Bertz CT molecular complexity index is 589. The van der Waals surface area contributed by atoms with E-state index in [4.69, 9.17) is 0 Å². The standard InChI is InChI=1S/C14H18N4O/c1-10-8-11(15-2)4-5-13(10)14(19)16-9-12-6-7-18(3)17-12/h4-8,15H,9H2,1-3H3,(H,16,19). The van der Waals surface area contributed by atoms with Gasteiger partial charge in [-0.1, -0.05) is 0 Å². The normalized spacial score (nSPS) is 10.3. The van der Waals surface area contributed by atoms with Crippen LogP contribution in [0, 0.1) is 6.92 Å². The molecular weight excluding hydrogens is 240 g/mol. The number of anilines is 1. The van der Waals surface area contributed by atoms with Crippen molar-refractivity contribution in [3.05, 3.63) is 47.3 Å². The number of nitrogens with one attached hydrogen (secondary N) is 2. The van der Waals surface area contributed by atoms with Crippen LogP contribution >= 0.6 is 0 Å². The van der Waals surface area contributed by atoms with Crippen LogP contribution in [-0.4, -0.2) is 22.7 Å². The number of carbonyl (C=O) groups excluding carboxylic acids is 1. The molecule has 0 spiro atoms. The van der Waals surface area contributed by atoms with Gasteiger partial charge in [0.15, 0.2) is 0 Å². The van der Waals surface area contributed by atoms with E-state index in [9.17, 15) is 4.79 Å². The molecule has 2 N–H and O–H groups in total. The molecule has 100 valence electrons. The smallest absolute Gasteiger partial charge is 0.251 e. The van der Waals surface area contributed by atoms with Crippen LogP contribution in [0.4, 0.5) is 5.69 Å². The van der Waals surface area contributed by atoms with E-state index in [2.05, 4.69) is 15.7 Å². The second kappa shape index (κ2) is 5.56. The molecular formula is C14H18N4O. The first-order valence-electron chi connectivity index (χ1n) is 6.15. The number of rotatable bonds is 4. The van der Waals surface area contributed by atoms with Crippen LogP contribution in [0.25, 0.3) is 0 Å². The minimum absolute atomic E-state index is 0.0780. The average molecular weight is 258 g/mol. The van der Waals surface area contributed by atoms with Gasteiger partial charge in [0.2, 0.25) is 0 Å². The van der Waals surface area contributed by atoms with E-state index in [1.807, 2.05) is 51.5 Å². The van der Waals surface area contributed by atoms with Crippen LogP contribution in [-0.2, 0) is 13.6 Å². The molecule has 0 aliphatic rings. The maximum atomic E-state index is 12.1. The molecule has 1 aromatic carbocycles. The minimum Gasteiger partial charge on any atom is -0.388 e. The fourth-order valence-electron chi connectivity index (χ4n) is 1.90. The number of hydrogen-bond acceptors (Lipinski definition) is 3. The highest BCUT2D eigenvalue weighted by molar-refractivity contribution is 5.96. The molecule has 1 heterocycles. The van der Waals surface area contributed by atoms with Crippen LogP contribution in [0.1, 0.15) is 21.6 Å². The number of aryl methyl sites for hydroxylation is 2. The molecule has 0 radical (unpaired) electrons. The van der Waals surface area contributed by atoms with Crippen molar-refractivity contribution >= 4 is 11.6 Å². The summed E-state index contributed by atoms with van der Waals surface area (Å²) >= 11 is 0. The Balaban J connectivity index is 2.03. The summed E-state index contributed by atoms with van der Waals surface area (Å²) in [7, 11) is 3.71. The average Bonchev–Trinajstić information content (AvgIpc) is 2.81. The predicted octanol–water partition coefficient (Wildman–Crippen LogP) is 1.70. The van der Waals surface area contributed by atoms with Gasteiger partial charge in [-0.15, -0.1) is 0 Å². The lowest BCUT2D eigenvalue weighted by molar-refractivity contribution is 0.0950. The van der Waals surface area contributed by atoms with Gasteiger partial charge >= 0.3 is 0 Å². The molecule has 0 atom stereocenters. The first kappa shape index (κ1) is 13.1. The third-order valence-corrected chi connectivity index (χ3v) is 2.96. The highest BCUT2D eigenvalue weighted by Gasteiger charge is 2.09. The van der Waals surface area contributed by atoms with Crippen LogP contribution in [0.15, 0.2) is 30.5 Å². The third kappa shape index (κ3) is 3.13. The number of hydrogen-bond donors (Lipinski definition) is 2. The van der Waals surface area contributed by atoms with Crippen molar-refractivity contribution in [2.75, 3.05) is 12.4 Å². The first-order chi connectivity index (χ1) is 9.10. The summed E-state index contributed by atoms with van der Waals surface area (Å²) in [5.74, 6) is -0.0780. The SMILES string of the molecule is CNc1ccc(C(=O)NCc2ccn(C)n2)c(C)c1. The van der Waals surface area contributed by atoms with E-state index in [0.29, 0.717) is 12.1 Å². The van der Waals surface area contributed by atoms with Gasteiger partial charge < -0.3 is 10.6 Å². The number of aromatic nitrogens is 2. The molecule has 0 fully saturated rings. The number of nitrogens with zero attached hydrogens (tertiary/aromatic N) is 2. The van der Waals surface area contributed by atoms with E-state index in [1.54, 1.807) is 4.68 Å². The monoisotopic (exact) mass is 258 g/mol. The molecule has 2 aromatic rings. The third-order valence-electron chi connectivity index (χ3n) is 2.96. The van der Waals surface area contributed by atoms with Gasteiger partial charge in [-0.05, 0) is 36.8 Å². The highest BCUT2D eigenvalue weighted by Crippen LogP contribution is 2.14. The quantitative estimate of drug-likeness (QED) is 0.877. The second-order valence-electron chi connectivity index (χ2n) is 4.44. The van der Waals surface area contributed by atoms with Crippen LogP contribution in [0.3, 0.4) is 0 Å². The first-order valence-corrected chi connectivity index (χ1v) is 6.15. The Kier molecular flexibility index (Phi) is 3.85. The zero-order valence-electron chi connectivity index (χ0n) is 11.4. The van der Waals surface area contributed by atoms with Crippen molar-refractivity contribution in [1.82, 2.24) is 15.1 Å². The van der Waals surface area contributed by atoms with Crippen LogP contribution in [0.2, 0.25) is 0 Å². The molecule has 0 bridgehead atoms. The Morgan fingerprint density at radius 1 is 1.37 bits per heavy atom. The van der Waals surface area contributed by atoms with Crippen molar-refractivity contribution in [2.24, 2.45) is 7.05 Å². The maximum absolute atomic E-state index is 12.1. The predicted molar refractivity (Wildman–Crippen MR) is 75.1 cm³/mol. The molecule has 5 heteroatoms. The Hall–Kier alpha value is -2.30. The van der Waals surface area contributed by atoms with E-state index < -0.39 is 0 Å². The lowest BCUT2D eigenvalue weighted by atomic mass is 10.1. The number of benzene rings is 1. The summed E-state index contributed by atoms with van der Waals surface area (Å²) in [5, 5.41) is 10.1. The number of amides is 1. The van der Waals surface area contributed by atoms with Crippen molar-refractivity contribution in [3.63, 3.8) is 0 Å². The highest BCUT2D eigenvalue weighted by atomic mass is 16.1. The van der Waals surface area contributed by atoms with Gasteiger partial charge in [0, 0.05) is 31.5 Å². The van der Waals surface area contributed by atoms with Crippen LogP contribution < -0.4 is 10.6 Å². The molecule has 0 aliphatic heterocycles. The van der Waals surface area contributed by atoms with Crippen molar-refractivity contribution in [1.29, 1.82) is 0 Å². The van der Waals surface area contributed by atoms with E-state index >= 15 is 0 Å². The molecule has 0 saturated heterocycles. The zero-order valence-corrected chi connectivity index (χ0v) is 11.4. The van der Waals surface area contributed by atoms with Gasteiger partial charge in [-0.3, -0.25) is 9.48 Å².